The Labute approximate surface area is 153 Å². The van der Waals surface area contributed by atoms with E-state index in [0.29, 0.717) is 16.2 Å². The molecule has 0 amide bonds. The predicted molar refractivity (Wildman–Crippen MR) is 98.1 cm³/mol. The molecule has 0 N–H and O–H groups in total. The fourth-order valence-electron chi connectivity index (χ4n) is 4.10. The average molecular weight is 361 g/mol. The monoisotopic (exact) mass is 360 g/mol. The number of benzene rings is 1. The van der Waals surface area contributed by atoms with Gasteiger partial charge in [0, 0.05) is 5.03 Å². The van der Waals surface area contributed by atoms with E-state index in [0.717, 1.165) is 12.8 Å². The molecule has 2 aliphatic rings. The maximum Gasteiger partial charge on any atom is 0.324 e. The molecule has 0 saturated heterocycles. The molecule has 0 fully saturated rings. The predicted octanol–water partition coefficient (Wildman–Crippen LogP) is 5.24. The lowest BCUT2D eigenvalue weighted by atomic mass is 9.59. The Hall–Kier alpha value is -1.87. The van der Waals surface area contributed by atoms with Crippen LogP contribution in [0.5, 0.6) is 0 Å². The standard InChI is InChI=1S/C21H22ClFO2/c1-19(2)12-7-10-17(19)21(23)13-11-16(22)14-20(21,18(24)25-3)15-8-5-4-6-9-15/h4-6,8-11,13-14H,7,12H2,1-3H3. The number of ether oxygens (including phenoxy) is 1. The Morgan fingerprint density at radius 1 is 1.24 bits per heavy atom. The zero-order valence-electron chi connectivity index (χ0n) is 14.7. The third-order valence-corrected chi connectivity index (χ3v) is 5.61. The van der Waals surface area contributed by atoms with E-state index in [9.17, 15) is 4.79 Å². The highest BCUT2D eigenvalue weighted by Crippen LogP contribution is 2.56. The first-order valence-electron chi connectivity index (χ1n) is 8.39. The SMILES string of the molecule is COC(=O)C1(c2ccccc2)C=C(Cl)C=CC1(F)C1=CCCC1(C)C. The number of hydrogen-bond donors (Lipinski definition) is 0. The van der Waals surface area contributed by atoms with Crippen molar-refractivity contribution >= 4 is 17.6 Å². The van der Waals surface area contributed by atoms with E-state index in [4.69, 9.17) is 16.3 Å². The number of hydrogen-bond acceptors (Lipinski definition) is 2. The molecule has 2 unspecified atom stereocenters. The van der Waals surface area contributed by atoms with E-state index in [1.54, 1.807) is 24.3 Å². The summed E-state index contributed by atoms with van der Waals surface area (Å²) < 4.78 is 21.9. The molecule has 0 bridgehead atoms. The Morgan fingerprint density at radius 3 is 2.48 bits per heavy atom. The first-order chi connectivity index (χ1) is 11.8. The maximum absolute atomic E-state index is 16.8. The van der Waals surface area contributed by atoms with E-state index < -0.39 is 17.1 Å². The molecule has 0 radical (unpaired) electrons. The number of rotatable bonds is 3. The molecule has 0 aliphatic heterocycles. The van der Waals surface area contributed by atoms with E-state index in [1.165, 1.54) is 25.3 Å². The van der Waals surface area contributed by atoms with Crippen molar-refractivity contribution in [2.75, 3.05) is 7.11 Å². The Morgan fingerprint density at radius 2 is 1.92 bits per heavy atom. The van der Waals surface area contributed by atoms with Crippen LogP contribution in [0.4, 0.5) is 4.39 Å². The molecule has 132 valence electrons. The van der Waals surface area contributed by atoms with Gasteiger partial charge in [-0.3, -0.25) is 4.79 Å². The van der Waals surface area contributed by atoms with E-state index in [2.05, 4.69) is 0 Å². The average Bonchev–Trinajstić information content (AvgIpc) is 2.97. The second-order valence-corrected chi connectivity index (χ2v) is 7.72. The van der Waals surface area contributed by atoms with E-state index in [-0.39, 0.29) is 5.41 Å². The lowest BCUT2D eigenvalue weighted by molar-refractivity contribution is -0.149. The fraction of sp³-hybridized carbons (Fsp3) is 0.381. The number of carbonyl (C=O) groups excluding carboxylic acids is 1. The van der Waals surface area contributed by atoms with Crippen LogP contribution in [-0.2, 0) is 14.9 Å². The van der Waals surface area contributed by atoms with Crippen LogP contribution in [0.2, 0.25) is 0 Å². The van der Waals surface area contributed by atoms with Crippen LogP contribution in [0.25, 0.3) is 0 Å². The number of allylic oxidation sites excluding steroid dienone is 5. The number of esters is 1. The molecule has 2 nitrogen and oxygen atoms in total. The molecule has 4 heteroatoms. The third kappa shape index (κ3) is 2.56. The summed E-state index contributed by atoms with van der Waals surface area (Å²) in [6, 6.07) is 8.89. The van der Waals surface area contributed by atoms with Crippen molar-refractivity contribution in [1.82, 2.24) is 0 Å². The molecule has 0 saturated carbocycles. The van der Waals surface area contributed by atoms with Gasteiger partial charge in [-0.1, -0.05) is 61.9 Å². The molecule has 25 heavy (non-hydrogen) atoms. The third-order valence-electron chi connectivity index (χ3n) is 5.38. The summed E-state index contributed by atoms with van der Waals surface area (Å²) in [5.74, 6) is -0.660. The molecule has 1 aromatic carbocycles. The van der Waals surface area contributed by atoms with Crippen molar-refractivity contribution in [3.05, 3.63) is 70.8 Å². The first-order valence-corrected chi connectivity index (χ1v) is 8.77. The van der Waals surface area contributed by atoms with Crippen LogP contribution < -0.4 is 0 Å². The summed E-state index contributed by atoms with van der Waals surface area (Å²) in [4.78, 5) is 13.0. The minimum atomic E-state index is -2.04. The quantitative estimate of drug-likeness (QED) is 0.544. The maximum atomic E-state index is 16.8. The number of alkyl halides is 1. The Kier molecular flexibility index (Phi) is 4.40. The van der Waals surface area contributed by atoms with Crippen molar-refractivity contribution in [3.8, 4) is 0 Å². The van der Waals surface area contributed by atoms with Crippen LogP contribution in [0.15, 0.2) is 65.2 Å². The first kappa shape index (κ1) is 17.9. The summed E-state index contributed by atoms with van der Waals surface area (Å²) in [6.45, 7) is 4.02. The lowest BCUT2D eigenvalue weighted by Crippen LogP contribution is -2.56. The highest BCUT2D eigenvalue weighted by Gasteiger charge is 2.62. The van der Waals surface area contributed by atoms with Gasteiger partial charge in [0.1, 0.15) is 0 Å². The zero-order valence-corrected chi connectivity index (χ0v) is 15.4. The highest BCUT2D eigenvalue weighted by molar-refractivity contribution is 6.31. The Balaban J connectivity index is 2.33. The summed E-state index contributed by atoms with van der Waals surface area (Å²) in [5.41, 5.74) is -2.92. The molecule has 3 rings (SSSR count). The highest BCUT2D eigenvalue weighted by atomic mass is 35.5. The van der Waals surface area contributed by atoms with Crippen molar-refractivity contribution in [2.24, 2.45) is 5.41 Å². The van der Waals surface area contributed by atoms with Crippen LogP contribution >= 0.6 is 11.6 Å². The van der Waals surface area contributed by atoms with Gasteiger partial charge in [-0.15, -0.1) is 0 Å². The molecule has 2 aliphatic carbocycles. The van der Waals surface area contributed by atoms with Gasteiger partial charge in [0.25, 0.3) is 0 Å². The van der Waals surface area contributed by atoms with Gasteiger partial charge in [0.15, 0.2) is 11.1 Å². The molecule has 1 aromatic rings. The summed E-state index contributed by atoms with van der Waals surface area (Å²) in [7, 11) is 1.28. The van der Waals surface area contributed by atoms with Crippen molar-refractivity contribution in [2.45, 2.75) is 37.8 Å². The van der Waals surface area contributed by atoms with Crippen molar-refractivity contribution < 1.29 is 13.9 Å². The van der Waals surface area contributed by atoms with Crippen LogP contribution in [-0.4, -0.2) is 18.7 Å². The zero-order chi connectivity index (χ0) is 18.3. The largest absolute Gasteiger partial charge is 0.468 e. The molecular weight excluding hydrogens is 339 g/mol. The molecule has 0 heterocycles. The van der Waals surface area contributed by atoms with Crippen molar-refractivity contribution in [3.63, 3.8) is 0 Å². The number of halogens is 2. The molecule has 0 spiro atoms. The molecular formula is C21H22ClFO2. The fourth-order valence-corrected chi connectivity index (χ4v) is 4.32. The molecule has 0 aromatic heterocycles. The van der Waals surface area contributed by atoms with Gasteiger partial charge in [-0.05, 0) is 47.6 Å². The Bertz CT molecular complexity index is 778. The van der Waals surface area contributed by atoms with Gasteiger partial charge >= 0.3 is 5.97 Å². The van der Waals surface area contributed by atoms with Gasteiger partial charge < -0.3 is 4.74 Å². The van der Waals surface area contributed by atoms with E-state index >= 15 is 4.39 Å². The normalized spacial score (nSPS) is 30.6. The van der Waals surface area contributed by atoms with Gasteiger partial charge in [0.05, 0.1) is 7.11 Å². The van der Waals surface area contributed by atoms with Gasteiger partial charge in [-0.25, -0.2) is 4.39 Å². The van der Waals surface area contributed by atoms with Crippen LogP contribution in [0.3, 0.4) is 0 Å². The second-order valence-electron chi connectivity index (χ2n) is 7.28. The van der Waals surface area contributed by atoms with E-state index in [1.807, 2.05) is 26.0 Å². The second kappa shape index (κ2) is 6.14. The van der Waals surface area contributed by atoms with Crippen LogP contribution in [0, 0.1) is 5.41 Å². The summed E-state index contributed by atoms with van der Waals surface area (Å²) in [5, 5.41) is 0.318. The number of methoxy groups -OCH3 is 1. The summed E-state index contributed by atoms with van der Waals surface area (Å²) in [6.07, 6.45) is 7.97. The van der Waals surface area contributed by atoms with Crippen LogP contribution in [0.1, 0.15) is 32.3 Å². The lowest BCUT2D eigenvalue weighted by Gasteiger charge is -2.46. The number of carbonyl (C=O) groups is 1. The van der Waals surface area contributed by atoms with Gasteiger partial charge in [0.2, 0.25) is 0 Å². The summed E-state index contributed by atoms with van der Waals surface area (Å²) >= 11 is 6.24. The minimum absolute atomic E-state index is 0.318. The minimum Gasteiger partial charge on any atom is -0.468 e. The molecule has 2 atom stereocenters. The smallest absolute Gasteiger partial charge is 0.324 e. The van der Waals surface area contributed by atoms with Gasteiger partial charge in [-0.2, -0.15) is 0 Å². The van der Waals surface area contributed by atoms with Crippen molar-refractivity contribution in [1.29, 1.82) is 0 Å². The topological polar surface area (TPSA) is 26.3 Å².